The summed E-state index contributed by atoms with van der Waals surface area (Å²) < 4.78 is 45.6. The highest BCUT2D eigenvalue weighted by Crippen LogP contribution is 2.46. The number of fused-ring (bicyclic) bond motifs is 4. The van der Waals surface area contributed by atoms with E-state index in [1.807, 2.05) is 13.8 Å². The molecule has 2 N–H and O–H groups in total. The van der Waals surface area contributed by atoms with Crippen molar-refractivity contribution < 1.29 is 27.2 Å². The smallest absolute Gasteiger partial charge is 0.298 e. The van der Waals surface area contributed by atoms with E-state index in [1.54, 1.807) is 24.3 Å². The molecular formula is C25H25N3O6S. The molecule has 0 saturated carbocycles. The lowest BCUT2D eigenvalue weighted by molar-refractivity contribution is 0.0321. The molecule has 2 aromatic carbocycles. The van der Waals surface area contributed by atoms with Gasteiger partial charge < -0.3 is 14.5 Å². The Morgan fingerprint density at radius 2 is 1.97 bits per heavy atom. The van der Waals surface area contributed by atoms with E-state index in [1.165, 1.54) is 6.07 Å². The summed E-state index contributed by atoms with van der Waals surface area (Å²) >= 11 is 0. The largest absolute Gasteiger partial charge is 0.491 e. The SMILES string of the molecule is CC1(C)c2cc(OCCN3CCOCC3)c(S(=O)(=O)O)cc2C(=O)c2c1[nH]c1cc(C#N)ccc21. The van der Waals surface area contributed by atoms with Gasteiger partial charge >= 0.3 is 0 Å². The number of H-pyrrole nitrogens is 1. The fourth-order valence-electron chi connectivity index (χ4n) is 4.93. The molecule has 1 aliphatic heterocycles. The number of carbonyl (C=O) groups excluding carboxylic acids is 1. The van der Waals surface area contributed by atoms with Crippen LogP contribution in [0.15, 0.2) is 35.2 Å². The summed E-state index contributed by atoms with van der Waals surface area (Å²) in [5.41, 5.74) is 2.31. The lowest BCUT2D eigenvalue weighted by Crippen LogP contribution is -2.38. The maximum absolute atomic E-state index is 13.6. The lowest BCUT2D eigenvalue weighted by atomic mass is 9.71. The highest BCUT2D eigenvalue weighted by molar-refractivity contribution is 7.86. The van der Waals surface area contributed by atoms with E-state index in [-0.39, 0.29) is 23.7 Å². The molecule has 0 radical (unpaired) electrons. The number of nitriles is 1. The summed E-state index contributed by atoms with van der Waals surface area (Å²) in [6, 6.07) is 9.90. The molecule has 35 heavy (non-hydrogen) atoms. The predicted octanol–water partition coefficient (Wildman–Crippen LogP) is 2.87. The van der Waals surface area contributed by atoms with Crippen molar-refractivity contribution in [3.8, 4) is 11.8 Å². The number of nitrogens with zero attached hydrogens (tertiary/aromatic N) is 2. The Labute approximate surface area is 203 Å². The first-order valence-corrected chi connectivity index (χ1v) is 12.7. The standard InChI is InChI=1S/C25H25N3O6S/c1-25(2)18-13-20(34-10-7-28-5-8-33-9-6-28)21(35(30,31)32)12-17(18)23(29)22-16-4-3-15(14-26)11-19(16)27-24(22)25/h3-4,11-13,27H,5-10H2,1-2H3,(H,30,31,32). The number of aromatic amines is 1. The van der Waals surface area contributed by atoms with Crippen molar-refractivity contribution in [2.24, 2.45) is 0 Å². The molecule has 3 aromatic rings. The van der Waals surface area contributed by atoms with Crippen LogP contribution in [0.5, 0.6) is 5.75 Å². The first kappa shape index (κ1) is 23.5. The third-order valence-corrected chi connectivity index (χ3v) is 7.70. The Morgan fingerprint density at radius 3 is 2.66 bits per heavy atom. The van der Waals surface area contributed by atoms with Crippen LogP contribution < -0.4 is 4.74 Å². The van der Waals surface area contributed by atoms with Gasteiger partial charge in [-0.15, -0.1) is 0 Å². The highest BCUT2D eigenvalue weighted by atomic mass is 32.2. The maximum atomic E-state index is 13.6. The van der Waals surface area contributed by atoms with Gasteiger partial charge in [0.25, 0.3) is 10.1 Å². The van der Waals surface area contributed by atoms with Crippen molar-refractivity contribution in [1.82, 2.24) is 9.88 Å². The number of morpholine rings is 1. The lowest BCUT2D eigenvalue weighted by Gasteiger charge is -2.33. The fraction of sp³-hybridized carbons (Fsp3) is 0.360. The summed E-state index contributed by atoms with van der Waals surface area (Å²) in [6.45, 7) is 7.44. The molecular weight excluding hydrogens is 470 g/mol. The van der Waals surface area contributed by atoms with Crippen LogP contribution in [0.2, 0.25) is 0 Å². The maximum Gasteiger partial charge on any atom is 0.298 e. The summed E-state index contributed by atoms with van der Waals surface area (Å²) in [5, 5.41) is 9.91. The summed E-state index contributed by atoms with van der Waals surface area (Å²) in [4.78, 5) is 18.6. The molecule has 1 fully saturated rings. The van der Waals surface area contributed by atoms with E-state index in [4.69, 9.17) is 9.47 Å². The number of aromatic nitrogens is 1. The van der Waals surface area contributed by atoms with E-state index in [2.05, 4.69) is 16.0 Å². The van der Waals surface area contributed by atoms with Gasteiger partial charge in [-0.1, -0.05) is 19.9 Å². The molecule has 10 heteroatoms. The van der Waals surface area contributed by atoms with Crippen LogP contribution in [0.4, 0.5) is 0 Å². The number of carbonyl (C=O) groups is 1. The number of benzene rings is 2. The van der Waals surface area contributed by atoms with Crippen LogP contribution in [0.1, 0.15) is 46.6 Å². The second-order valence-electron chi connectivity index (χ2n) is 9.32. The Balaban J connectivity index is 1.59. The third kappa shape index (κ3) is 4.00. The van der Waals surface area contributed by atoms with Gasteiger partial charge in [0.2, 0.25) is 0 Å². The third-order valence-electron chi connectivity index (χ3n) is 6.83. The second-order valence-corrected chi connectivity index (χ2v) is 10.7. The number of hydrogen-bond donors (Lipinski definition) is 2. The molecule has 0 atom stereocenters. The minimum Gasteiger partial charge on any atom is -0.491 e. The normalized spacial score (nSPS) is 17.6. The molecule has 1 aromatic heterocycles. The van der Waals surface area contributed by atoms with Crippen molar-refractivity contribution in [1.29, 1.82) is 5.26 Å². The van der Waals surface area contributed by atoms with Crippen LogP contribution in [0, 0.1) is 11.3 Å². The van der Waals surface area contributed by atoms with Gasteiger partial charge in [0.05, 0.1) is 30.4 Å². The highest BCUT2D eigenvalue weighted by Gasteiger charge is 2.41. The van der Waals surface area contributed by atoms with Gasteiger partial charge in [-0.3, -0.25) is 14.2 Å². The molecule has 2 heterocycles. The summed E-state index contributed by atoms with van der Waals surface area (Å²) in [7, 11) is -4.65. The number of ketones is 1. The van der Waals surface area contributed by atoms with Crippen LogP contribution in [-0.4, -0.2) is 68.1 Å². The van der Waals surface area contributed by atoms with Gasteiger partial charge in [-0.2, -0.15) is 13.7 Å². The first-order chi connectivity index (χ1) is 16.6. The number of ether oxygens (including phenoxy) is 2. The van der Waals surface area contributed by atoms with Crippen LogP contribution >= 0.6 is 0 Å². The molecule has 2 aliphatic rings. The Bertz CT molecular complexity index is 1490. The minimum absolute atomic E-state index is 0.00622. The van der Waals surface area contributed by atoms with Crippen LogP contribution in [0.3, 0.4) is 0 Å². The summed E-state index contributed by atoms with van der Waals surface area (Å²) in [5.74, 6) is -0.346. The molecule has 182 valence electrons. The van der Waals surface area contributed by atoms with Crippen molar-refractivity contribution in [3.05, 3.63) is 58.3 Å². The molecule has 0 unspecified atom stereocenters. The van der Waals surface area contributed by atoms with Gasteiger partial charge in [-0.25, -0.2) is 0 Å². The van der Waals surface area contributed by atoms with E-state index in [9.17, 15) is 23.0 Å². The zero-order chi connectivity index (χ0) is 25.0. The second kappa shape index (κ2) is 8.46. The van der Waals surface area contributed by atoms with Crippen molar-refractivity contribution >= 4 is 26.8 Å². The summed E-state index contributed by atoms with van der Waals surface area (Å²) in [6.07, 6.45) is 0. The molecule has 0 bridgehead atoms. The first-order valence-electron chi connectivity index (χ1n) is 11.3. The molecule has 0 amide bonds. The van der Waals surface area contributed by atoms with Gasteiger partial charge in [-0.05, 0) is 29.8 Å². The molecule has 1 saturated heterocycles. The number of rotatable bonds is 5. The van der Waals surface area contributed by atoms with Gasteiger partial charge in [0.1, 0.15) is 17.3 Å². The van der Waals surface area contributed by atoms with Crippen LogP contribution in [-0.2, 0) is 20.3 Å². The van der Waals surface area contributed by atoms with E-state index < -0.39 is 20.4 Å². The van der Waals surface area contributed by atoms with Gasteiger partial charge in [0, 0.05) is 47.2 Å². The van der Waals surface area contributed by atoms with E-state index >= 15 is 0 Å². The Hall–Kier alpha value is -3.23. The molecule has 5 rings (SSSR count). The average Bonchev–Trinajstić information content (AvgIpc) is 3.22. The van der Waals surface area contributed by atoms with Crippen molar-refractivity contribution in [2.45, 2.75) is 24.2 Å². The van der Waals surface area contributed by atoms with E-state index in [0.717, 1.165) is 13.1 Å². The number of nitrogens with one attached hydrogen (secondary N) is 1. The zero-order valence-corrected chi connectivity index (χ0v) is 20.2. The quantitative estimate of drug-likeness (QED) is 0.517. The van der Waals surface area contributed by atoms with Crippen molar-refractivity contribution in [2.75, 3.05) is 39.5 Å². The van der Waals surface area contributed by atoms with Crippen LogP contribution in [0.25, 0.3) is 10.9 Å². The number of hydrogen-bond acceptors (Lipinski definition) is 7. The van der Waals surface area contributed by atoms with Gasteiger partial charge in [0.15, 0.2) is 5.78 Å². The Morgan fingerprint density at radius 1 is 1.23 bits per heavy atom. The van der Waals surface area contributed by atoms with Crippen molar-refractivity contribution in [3.63, 3.8) is 0 Å². The Kier molecular flexibility index (Phi) is 5.68. The van der Waals surface area contributed by atoms with E-state index in [0.29, 0.717) is 53.0 Å². The minimum atomic E-state index is -4.65. The molecule has 1 aliphatic carbocycles. The fourth-order valence-corrected chi connectivity index (χ4v) is 5.57. The zero-order valence-electron chi connectivity index (χ0n) is 19.4. The average molecular weight is 496 g/mol. The predicted molar refractivity (Wildman–Crippen MR) is 128 cm³/mol. The molecule has 0 spiro atoms. The molecule has 9 nitrogen and oxygen atoms in total. The topological polar surface area (TPSA) is 133 Å². The monoisotopic (exact) mass is 495 g/mol.